The lowest BCUT2D eigenvalue weighted by Crippen LogP contribution is -2.57. The summed E-state index contributed by atoms with van der Waals surface area (Å²) in [6.45, 7) is 8.73. The van der Waals surface area contributed by atoms with Crippen LogP contribution in [0.5, 0.6) is 0 Å². The average Bonchev–Trinajstić information content (AvgIpc) is 3.34. The molecule has 2 aliphatic heterocycles. The second-order valence-electron chi connectivity index (χ2n) is 8.14. The highest BCUT2D eigenvalue weighted by Crippen LogP contribution is 2.43. The number of anilines is 1. The number of hydrogen-bond donors (Lipinski definition) is 2. The quantitative estimate of drug-likeness (QED) is 0.738. The molecule has 3 aromatic rings. The van der Waals surface area contributed by atoms with Crippen molar-refractivity contribution in [2.45, 2.75) is 38.6 Å². The van der Waals surface area contributed by atoms with Gasteiger partial charge in [-0.1, -0.05) is 13.8 Å². The molecule has 5 rings (SSSR count). The van der Waals surface area contributed by atoms with Crippen LogP contribution in [0.4, 0.5) is 5.82 Å². The number of hydrogen-bond acceptors (Lipinski definition) is 6. The Bertz CT molecular complexity index is 934. The fourth-order valence-corrected chi connectivity index (χ4v) is 4.86. The molecule has 0 saturated carbocycles. The smallest absolute Gasteiger partial charge is 0.182 e. The van der Waals surface area contributed by atoms with Crippen molar-refractivity contribution in [2.75, 3.05) is 31.1 Å². The van der Waals surface area contributed by atoms with Gasteiger partial charge in [-0.15, -0.1) is 0 Å². The van der Waals surface area contributed by atoms with Crippen molar-refractivity contribution < 1.29 is 0 Å². The molecule has 27 heavy (non-hydrogen) atoms. The van der Waals surface area contributed by atoms with E-state index in [0.29, 0.717) is 5.92 Å². The van der Waals surface area contributed by atoms with Crippen LogP contribution in [0, 0.1) is 5.92 Å². The lowest BCUT2D eigenvalue weighted by atomic mass is 9.78. The second-order valence-corrected chi connectivity index (χ2v) is 8.14. The zero-order valence-electron chi connectivity index (χ0n) is 15.9. The van der Waals surface area contributed by atoms with Crippen LogP contribution in [0.25, 0.3) is 11.2 Å². The number of aromatic nitrogens is 6. The Kier molecular flexibility index (Phi) is 3.89. The Hall–Kier alpha value is -2.48. The third-order valence-electron chi connectivity index (χ3n) is 6.07. The van der Waals surface area contributed by atoms with Gasteiger partial charge in [0.2, 0.25) is 0 Å². The predicted molar refractivity (Wildman–Crippen MR) is 104 cm³/mol. The molecule has 0 radical (unpaired) electrons. The zero-order valence-corrected chi connectivity index (χ0v) is 15.9. The van der Waals surface area contributed by atoms with Gasteiger partial charge in [0.05, 0.1) is 23.9 Å². The van der Waals surface area contributed by atoms with Gasteiger partial charge in [-0.2, -0.15) is 0 Å². The van der Waals surface area contributed by atoms with E-state index in [1.807, 2.05) is 6.33 Å². The number of aromatic amines is 2. The first kappa shape index (κ1) is 16.7. The van der Waals surface area contributed by atoms with Crippen molar-refractivity contribution >= 4 is 17.0 Å². The van der Waals surface area contributed by atoms with E-state index in [1.165, 1.54) is 11.4 Å². The van der Waals surface area contributed by atoms with E-state index in [2.05, 4.69) is 48.6 Å². The zero-order chi connectivity index (χ0) is 18.4. The highest BCUT2D eigenvalue weighted by atomic mass is 15.3. The predicted octanol–water partition coefficient (Wildman–Crippen LogP) is 2.09. The maximum atomic E-state index is 4.77. The molecular formula is C19H26N8. The highest BCUT2D eigenvalue weighted by molar-refractivity contribution is 5.82. The SMILES string of the molecule is CC(C)CN1CCc2[nH]cnc2C12CCN(c1ncnc3nc[nH]c13)CC2. The molecule has 0 aromatic carbocycles. The van der Waals surface area contributed by atoms with E-state index in [9.17, 15) is 0 Å². The lowest BCUT2D eigenvalue weighted by Gasteiger charge is -2.51. The molecule has 0 amide bonds. The molecule has 2 N–H and O–H groups in total. The molecule has 0 unspecified atom stereocenters. The highest BCUT2D eigenvalue weighted by Gasteiger charge is 2.46. The van der Waals surface area contributed by atoms with E-state index in [4.69, 9.17) is 4.98 Å². The molecule has 142 valence electrons. The van der Waals surface area contributed by atoms with E-state index >= 15 is 0 Å². The summed E-state index contributed by atoms with van der Waals surface area (Å²) >= 11 is 0. The summed E-state index contributed by atoms with van der Waals surface area (Å²) in [6.07, 6.45) is 8.34. The van der Waals surface area contributed by atoms with Gasteiger partial charge >= 0.3 is 0 Å². The number of rotatable bonds is 3. The number of nitrogens with one attached hydrogen (secondary N) is 2. The molecule has 1 spiro atoms. The van der Waals surface area contributed by atoms with Crippen molar-refractivity contribution in [2.24, 2.45) is 5.92 Å². The van der Waals surface area contributed by atoms with Crippen molar-refractivity contribution in [3.05, 3.63) is 30.4 Å². The lowest BCUT2D eigenvalue weighted by molar-refractivity contribution is 0.0341. The summed E-state index contributed by atoms with van der Waals surface area (Å²) in [5, 5.41) is 0. The Labute approximate surface area is 158 Å². The molecule has 2 aliphatic rings. The van der Waals surface area contributed by atoms with Crippen LogP contribution in [0.1, 0.15) is 38.1 Å². The molecule has 1 saturated heterocycles. The minimum absolute atomic E-state index is 0.0362. The third kappa shape index (κ3) is 2.62. The van der Waals surface area contributed by atoms with Gasteiger partial charge in [0, 0.05) is 38.3 Å². The molecule has 5 heterocycles. The second kappa shape index (κ2) is 6.30. The third-order valence-corrected chi connectivity index (χ3v) is 6.07. The first-order valence-electron chi connectivity index (χ1n) is 9.84. The van der Waals surface area contributed by atoms with Gasteiger partial charge in [-0.3, -0.25) is 4.90 Å². The first-order chi connectivity index (χ1) is 13.2. The van der Waals surface area contributed by atoms with Crippen molar-refractivity contribution in [3.63, 3.8) is 0 Å². The summed E-state index contributed by atoms with van der Waals surface area (Å²) in [5.41, 5.74) is 4.28. The van der Waals surface area contributed by atoms with Gasteiger partial charge in [-0.25, -0.2) is 19.9 Å². The first-order valence-corrected chi connectivity index (χ1v) is 9.84. The number of fused-ring (bicyclic) bond motifs is 3. The van der Waals surface area contributed by atoms with Gasteiger partial charge in [0.1, 0.15) is 11.8 Å². The van der Waals surface area contributed by atoms with Crippen molar-refractivity contribution in [1.82, 2.24) is 34.8 Å². The maximum Gasteiger partial charge on any atom is 0.182 e. The molecular weight excluding hydrogens is 340 g/mol. The standard InChI is InChI=1S/C19H26N8/c1-13(2)9-27-6-3-14-16(22-10-20-14)19(27)4-7-26(8-5-19)18-15-17(23-11-21-15)24-12-25-18/h10-13H,3-9H2,1-2H3,(H,20,22)(H,21,23,24,25). The van der Waals surface area contributed by atoms with Gasteiger partial charge < -0.3 is 14.9 Å². The topological polar surface area (TPSA) is 89.6 Å². The summed E-state index contributed by atoms with van der Waals surface area (Å²) in [7, 11) is 0. The number of H-pyrrole nitrogens is 2. The molecule has 0 aliphatic carbocycles. The molecule has 0 bridgehead atoms. The molecule has 1 fully saturated rings. The van der Waals surface area contributed by atoms with Crippen LogP contribution in [-0.2, 0) is 12.0 Å². The average molecular weight is 366 g/mol. The fourth-order valence-electron chi connectivity index (χ4n) is 4.86. The van der Waals surface area contributed by atoms with Crippen LogP contribution in [0.15, 0.2) is 19.0 Å². The van der Waals surface area contributed by atoms with Gasteiger partial charge in [-0.05, 0) is 18.8 Å². The fraction of sp³-hybridized carbons (Fsp3) is 0.579. The minimum atomic E-state index is 0.0362. The van der Waals surface area contributed by atoms with Crippen LogP contribution in [0.2, 0.25) is 0 Å². The Morgan fingerprint density at radius 2 is 1.85 bits per heavy atom. The Morgan fingerprint density at radius 1 is 1.04 bits per heavy atom. The van der Waals surface area contributed by atoms with Crippen LogP contribution < -0.4 is 4.90 Å². The van der Waals surface area contributed by atoms with Crippen molar-refractivity contribution in [1.29, 1.82) is 0 Å². The van der Waals surface area contributed by atoms with E-state index in [1.54, 1.807) is 12.7 Å². The number of nitrogens with zero attached hydrogens (tertiary/aromatic N) is 6. The van der Waals surface area contributed by atoms with Gasteiger partial charge in [0.15, 0.2) is 11.5 Å². The molecule has 3 aromatic heterocycles. The summed E-state index contributed by atoms with van der Waals surface area (Å²) in [5.74, 6) is 1.60. The van der Waals surface area contributed by atoms with Crippen LogP contribution in [0.3, 0.4) is 0 Å². The summed E-state index contributed by atoms with van der Waals surface area (Å²) in [6, 6.07) is 0. The normalized spacial score (nSPS) is 19.9. The van der Waals surface area contributed by atoms with Crippen molar-refractivity contribution in [3.8, 4) is 0 Å². The number of imidazole rings is 2. The number of piperidine rings is 1. The van der Waals surface area contributed by atoms with E-state index in [0.717, 1.165) is 62.4 Å². The monoisotopic (exact) mass is 366 g/mol. The molecule has 0 atom stereocenters. The maximum absolute atomic E-state index is 4.77. The van der Waals surface area contributed by atoms with E-state index in [-0.39, 0.29) is 5.54 Å². The minimum Gasteiger partial charge on any atom is -0.355 e. The van der Waals surface area contributed by atoms with Crippen LogP contribution in [-0.4, -0.2) is 61.0 Å². The van der Waals surface area contributed by atoms with Crippen LogP contribution >= 0.6 is 0 Å². The molecule has 8 nitrogen and oxygen atoms in total. The van der Waals surface area contributed by atoms with Gasteiger partial charge in [0.25, 0.3) is 0 Å². The summed E-state index contributed by atoms with van der Waals surface area (Å²) in [4.78, 5) is 29.5. The largest absolute Gasteiger partial charge is 0.355 e. The molecule has 8 heteroatoms. The Balaban J connectivity index is 1.46. The summed E-state index contributed by atoms with van der Waals surface area (Å²) < 4.78 is 0. The van der Waals surface area contributed by atoms with E-state index < -0.39 is 0 Å². The Morgan fingerprint density at radius 3 is 2.67 bits per heavy atom.